The van der Waals surface area contributed by atoms with Crippen molar-refractivity contribution in [1.29, 1.82) is 0 Å². The maximum Gasteiger partial charge on any atom is 0.143 e. The number of aryl methyl sites for hydroxylation is 2. The van der Waals surface area contributed by atoms with E-state index in [4.69, 9.17) is 4.74 Å². The van der Waals surface area contributed by atoms with Gasteiger partial charge in [0, 0.05) is 19.0 Å². The topological polar surface area (TPSA) is 32.7 Å². The number of anilines is 1. The molecule has 0 spiro atoms. The van der Waals surface area contributed by atoms with E-state index in [-0.39, 0.29) is 11.9 Å². The maximum absolute atomic E-state index is 9.68. The molecular formula is C19H23NO2. The number of ether oxygens (including phenoxy) is 1. The highest BCUT2D eigenvalue weighted by atomic mass is 16.5. The summed E-state index contributed by atoms with van der Waals surface area (Å²) in [5.74, 6) is 1.15. The Bertz CT molecular complexity index is 661. The summed E-state index contributed by atoms with van der Waals surface area (Å²) in [5.41, 5.74) is 4.90. The van der Waals surface area contributed by atoms with E-state index in [1.165, 1.54) is 16.7 Å². The van der Waals surface area contributed by atoms with Crippen LogP contribution in [0.4, 0.5) is 5.69 Å². The van der Waals surface area contributed by atoms with E-state index in [9.17, 15) is 5.11 Å². The number of nitrogens with zero attached hydrogens (tertiary/aromatic N) is 1. The number of hydrogen-bond donors (Lipinski definition) is 1. The summed E-state index contributed by atoms with van der Waals surface area (Å²) in [4.78, 5) is 2.27. The number of hydrogen-bond acceptors (Lipinski definition) is 3. The number of aromatic hydroxyl groups is 1. The SMILES string of the molecule is CCN1CC(Cc2cc(C)cc(C)c2)Oc2ccc(O)cc21. The Morgan fingerprint density at radius 1 is 1.14 bits per heavy atom. The first-order valence-electron chi connectivity index (χ1n) is 7.87. The van der Waals surface area contributed by atoms with Gasteiger partial charge in [-0.25, -0.2) is 0 Å². The number of rotatable bonds is 3. The van der Waals surface area contributed by atoms with E-state index in [0.29, 0.717) is 0 Å². The summed E-state index contributed by atoms with van der Waals surface area (Å²) in [6, 6.07) is 12.0. The van der Waals surface area contributed by atoms with Crippen molar-refractivity contribution in [2.24, 2.45) is 0 Å². The summed E-state index contributed by atoms with van der Waals surface area (Å²) < 4.78 is 6.15. The second-order valence-corrected chi connectivity index (χ2v) is 6.13. The average molecular weight is 297 g/mol. The quantitative estimate of drug-likeness (QED) is 0.934. The number of fused-ring (bicyclic) bond motifs is 1. The fraction of sp³-hybridized carbons (Fsp3) is 0.368. The minimum atomic E-state index is 0.137. The molecule has 3 nitrogen and oxygen atoms in total. The first-order chi connectivity index (χ1) is 10.5. The Morgan fingerprint density at radius 2 is 1.86 bits per heavy atom. The van der Waals surface area contributed by atoms with Gasteiger partial charge in [-0.2, -0.15) is 0 Å². The molecule has 1 aliphatic heterocycles. The van der Waals surface area contributed by atoms with Crippen molar-refractivity contribution in [2.75, 3.05) is 18.0 Å². The van der Waals surface area contributed by atoms with Gasteiger partial charge in [-0.15, -0.1) is 0 Å². The number of benzene rings is 2. The highest BCUT2D eigenvalue weighted by Gasteiger charge is 2.25. The molecule has 1 N–H and O–H groups in total. The van der Waals surface area contributed by atoms with Crippen molar-refractivity contribution in [3.05, 3.63) is 53.1 Å². The van der Waals surface area contributed by atoms with E-state index in [1.807, 2.05) is 6.07 Å². The summed E-state index contributed by atoms with van der Waals surface area (Å²) in [6.45, 7) is 8.15. The van der Waals surface area contributed by atoms with Crippen LogP contribution in [0.1, 0.15) is 23.6 Å². The summed E-state index contributed by atoms with van der Waals surface area (Å²) in [7, 11) is 0. The number of phenolic OH excluding ortho intramolecular Hbond substituents is 1. The summed E-state index contributed by atoms with van der Waals surface area (Å²) >= 11 is 0. The normalized spacial score (nSPS) is 17.0. The Morgan fingerprint density at radius 3 is 2.55 bits per heavy atom. The van der Waals surface area contributed by atoms with Crippen LogP contribution in [0.15, 0.2) is 36.4 Å². The van der Waals surface area contributed by atoms with Gasteiger partial charge in [-0.05, 0) is 38.5 Å². The van der Waals surface area contributed by atoms with Gasteiger partial charge in [0.25, 0.3) is 0 Å². The lowest BCUT2D eigenvalue weighted by Gasteiger charge is -2.36. The van der Waals surface area contributed by atoms with Crippen molar-refractivity contribution in [1.82, 2.24) is 0 Å². The number of phenols is 1. The van der Waals surface area contributed by atoms with Gasteiger partial charge in [0.05, 0.1) is 12.2 Å². The molecule has 0 bridgehead atoms. The Hall–Kier alpha value is -2.16. The Labute approximate surface area is 132 Å². The minimum absolute atomic E-state index is 0.137. The Balaban J connectivity index is 1.83. The van der Waals surface area contributed by atoms with Crippen LogP contribution in [0.3, 0.4) is 0 Å². The zero-order chi connectivity index (χ0) is 15.7. The van der Waals surface area contributed by atoms with Crippen molar-refractivity contribution in [3.63, 3.8) is 0 Å². The summed E-state index contributed by atoms with van der Waals surface area (Å²) in [6.07, 6.45) is 1.04. The highest BCUT2D eigenvalue weighted by Crippen LogP contribution is 2.36. The molecule has 1 aliphatic rings. The molecule has 0 saturated heterocycles. The van der Waals surface area contributed by atoms with Crippen LogP contribution in [0.2, 0.25) is 0 Å². The fourth-order valence-corrected chi connectivity index (χ4v) is 3.27. The van der Waals surface area contributed by atoms with Crippen molar-refractivity contribution in [2.45, 2.75) is 33.3 Å². The molecule has 0 saturated carbocycles. The van der Waals surface area contributed by atoms with Gasteiger partial charge in [0.15, 0.2) is 0 Å². The van der Waals surface area contributed by atoms with Crippen LogP contribution < -0.4 is 9.64 Å². The molecule has 116 valence electrons. The molecule has 1 atom stereocenters. The molecule has 1 heterocycles. The predicted octanol–water partition coefficient (Wildman–Crippen LogP) is 3.84. The first-order valence-corrected chi connectivity index (χ1v) is 7.87. The zero-order valence-electron chi connectivity index (χ0n) is 13.5. The van der Waals surface area contributed by atoms with E-state index >= 15 is 0 Å². The maximum atomic E-state index is 9.68. The van der Waals surface area contributed by atoms with Gasteiger partial charge >= 0.3 is 0 Å². The van der Waals surface area contributed by atoms with Crippen LogP contribution in [-0.4, -0.2) is 24.3 Å². The van der Waals surface area contributed by atoms with E-state index in [1.54, 1.807) is 12.1 Å². The van der Waals surface area contributed by atoms with E-state index in [2.05, 4.69) is 43.9 Å². The number of likely N-dealkylation sites (N-methyl/N-ethyl adjacent to an activating group) is 1. The third-order valence-electron chi connectivity index (χ3n) is 4.13. The summed E-state index contributed by atoms with van der Waals surface area (Å²) in [5, 5.41) is 9.68. The van der Waals surface area contributed by atoms with Crippen LogP contribution >= 0.6 is 0 Å². The van der Waals surface area contributed by atoms with Crippen LogP contribution in [0.5, 0.6) is 11.5 Å². The molecule has 3 heteroatoms. The van der Waals surface area contributed by atoms with Gasteiger partial charge in [0.2, 0.25) is 0 Å². The van der Waals surface area contributed by atoms with Crippen molar-refractivity contribution in [3.8, 4) is 11.5 Å². The Kier molecular flexibility index (Phi) is 3.97. The fourth-order valence-electron chi connectivity index (χ4n) is 3.27. The molecule has 22 heavy (non-hydrogen) atoms. The molecule has 0 fully saturated rings. The van der Waals surface area contributed by atoms with E-state index < -0.39 is 0 Å². The molecule has 0 amide bonds. The molecule has 0 radical (unpaired) electrons. The molecule has 0 aliphatic carbocycles. The average Bonchev–Trinajstić information content (AvgIpc) is 2.45. The predicted molar refractivity (Wildman–Crippen MR) is 90.0 cm³/mol. The van der Waals surface area contributed by atoms with Crippen molar-refractivity contribution < 1.29 is 9.84 Å². The van der Waals surface area contributed by atoms with Gasteiger partial charge < -0.3 is 14.7 Å². The lowest BCUT2D eigenvalue weighted by molar-refractivity contribution is 0.194. The molecule has 2 aromatic carbocycles. The van der Waals surface area contributed by atoms with Crippen LogP contribution in [0.25, 0.3) is 0 Å². The van der Waals surface area contributed by atoms with Crippen LogP contribution in [-0.2, 0) is 6.42 Å². The van der Waals surface area contributed by atoms with Gasteiger partial charge in [-0.1, -0.05) is 29.3 Å². The smallest absolute Gasteiger partial charge is 0.143 e. The lowest BCUT2D eigenvalue weighted by atomic mass is 10.0. The van der Waals surface area contributed by atoms with E-state index in [0.717, 1.165) is 30.9 Å². The van der Waals surface area contributed by atoms with Crippen LogP contribution in [0, 0.1) is 13.8 Å². The zero-order valence-corrected chi connectivity index (χ0v) is 13.5. The van der Waals surface area contributed by atoms with Gasteiger partial charge in [0.1, 0.15) is 17.6 Å². The third-order valence-corrected chi connectivity index (χ3v) is 4.13. The monoisotopic (exact) mass is 297 g/mol. The van der Waals surface area contributed by atoms with Crippen molar-refractivity contribution >= 4 is 5.69 Å². The lowest BCUT2D eigenvalue weighted by Crippen LogP contribution is -2.41. The molecule has 3 rings (SSSR count). The molecule has 1 unspecified atom stereocenters. The van der Waals surface area contributed by atoms with Gasteiger partial charge in [-0.3, -0.25) is 0 Å². The minimum Gasteiger partial charge on any atom is -0.508 e. The molecule has 2 aromatic rings. The third kappa shape index (κ3) is 3.03. The second kappa shape index (κ2) is 5.91. The highest BCUT2D eigenvalue weighted by molar-refractivity contribution is 5.62. The molecular weight excluding hydrogens is 274 g/mol. The first kappa shape index (κ1) is 14.8. The molecule has 0 aromatic heterocycles. The standard InChI is InChI=1S/C19H23NO2/c1-4-20-12-17(10-15-8-13(2)7-14(3)9-15)22-19-6-5-16(21)11-18(19)20/h5-9,11,17,21H,4,10,12H2,1-3H3. The largest absolute Gasteiger partial charge is 0.508 e. The second-order valence-electron chi connectivity index (χ2n) is 6.13.